The number of aliphatic carboxylic acids is 2. The minimum atomic E-state index is -1.10. The highest BCUT2D eigenvalue weighted by atomic mass is 32.2. The first-order valence-corrected chi connectivity index (χ1v) is 11.6. The lowest BCUT2D eigenvalue weighted by atomic mass is 10.1. The van der Waals surface area contributed by atoms with Crippen molar-refractivity contribution < 1.29 is 24.6 Å². The first-order chi connectivity index (χ1) is 14.1. The van der Waals surface area contributed by atoms with Crippen molar-refractivity contribution in [3.05, 3.63) is 34.9 Å². The van der Waals surface area contributed by atoms with E-state index in [1.54, 1.807) is 0 Å². The molecule has 0 radical (unpaired) electrons. The number of carbonyl (C=O) groups is 3. The van der Waals surface area contributed by atoms with Gasteiger partial charge in [-0.1, -0.05) is 34.9 Å². The summed E-state index contributed by atoms with van der Waals surface area (Å²) in [5.74, 6) is -2.94. The fourth-order valence-electron chi connectivity index (χ4n) is 2.94. The third kappa shape index (κ3) is 10.7. The van der Waals surface area contributed by atoms with Gasteiger partial charge in [-0.2, -0.15) is 11.8 Å². The fourth-order valence-corrected chi connectivity index (χ4v) is 3.94. The number of hydrogen-bond acceptors (Lipinski definition) is 4. The van der Waals surface area contributed by atoms with Gasteiger partial charge in [0.1, 0.15) is 6.04 Å². The van der Waals surface area contributed by atoms with Crippen LogP contribution in [0.3, 0.4) is 0 Å². The molecule has 0 aromatic heterocycles. The van der Waals surface area contributed by atoms with Crippen LogP contribution < -0.4 is 5.32 Å². The molecule has 0 aromatic carbocycles. The van der Waals surface area contributed by atoms with Gasteiger partial charge in [-0.05, 0) is 59.8 Å². The van der Waals surface area contributed by atoms with Gasteiger partial charge in [-0.15, -0.1) is 0 Å². The van der Waals surface area contributed by atoms with Crippen molar-refractivity contribution >= 4 is 29.6 Å². The lowest BCUT2D eigenvalue weighted by Gasteiger charge is -2.13. The van der Waals surface area contributed by atoms with Crippen LogP contribution in [-0.2, 0) is 14.4 Å². The largest absolute Gasteiger partial charge is 0.481 e. The summed E-state index contributed by atoms with van der Waals surface area (Å²) in [5, 5.41) is 20.6. The second kappa shape index (κ2) is 13.3. The summed E-state index contributed by atoms with van der Waals surface area (Å²) in [4.78, 5) is 34.2. The van der Waals surface area contributed by atoms with Crippen LogP contribution in [0.4, 0.5) is 0 Å². The van der Waals surface area contributed by atoms with Crippen LogP contribution in [0.25, 0.3) is 0 Å². The monoisotopic (exact) mass is 437 g/mol. The highest BCUT2D eigenvalue weighted by molar-refractivity contribution is 7.99. The second-order valence-electron chi connectivity index (χ2n) is 8.18. The van der Waals surface area contributed by atoms with Gasteiger partial charge < -0.3 is 15.5 Å². The molecule has 1 saturated carbocycles. The third-order valence-electron chi connectivity index (χ3n) is 5.02. The van der Waals surface area contributed by atoms with Crippen molar-refractivity contribution in [2.45, 2.75) is 65.8 Å². The molecule has 0 unspecified atom stereocenters. The average molecular weight is 438 g/mol. The van der Waals surface area contributed by atoms with E-state index in [9.17, 15) is 19.5 Å². The van der Waals surface area contributed by atoms with Gasteiger partial charge >= 0.3 is 11.9 Å². The van der Waals surface area contributed by atoms with Crippen LogP contribution in [0, 0.1) is 11.8 Å². The van der Waals surface area contributed by atoms with Crippen LogP contribution in [0.2, 0.25) is 0 Å². The van der Waals surface area contributed by atoms with Crippen LogP contribution in [-0.4, -0.2) is 45.6 Å². The maximum atomic E-state index is 12.0. The summed E-state index contributed by atoms with van der Waals surface area (Å²) in [6, 6.07) is -1.00. The number of allylic oxidation sites excluding steroid dienone is 5. The summed E-state index contributed by atoms with van der Waals surface area (Å²) in [5.41, 5.74) is 4.00. The number of rotatable bonds is 14. The van der Waals surface area contributed by atoms with Gasteiger partial charge in [-0.25, -0.2) is 4.79 Å². The first kappa shape index (κ1) is 26.0. The molecule has 1 aliphatic rings. The van der Waals surface area contributed by atoms with E-state index in [0.29, 0.717) is 5.75 Å². The van der Waals surface area contributed by atoms with Crippen molar-refractivity contribution in [2.75, 3.05) is 11.5 Å². The van der Waals surface area contributed by atoms with Gasteiger partial charge in [0, 0.05) is 11.5 Å². The zero-order valence-electron chi connectivity index (χ0n) is 18.4. The highest BCUT2D eigenvalue weighted by Gasteiger charge is 2.48. The standard InChI is InChI=1S/C23H35NO5S/c1-15(2)7-5-8-16(3)9-6-10-17(4)11-12-30-14-20(23(28)29)24-21(25)18-13-19(18)22(26)27/h7,9,11,18-20H,5-6,8,10,12-14H2,1-4H3,(H,24,25)(H,26,27)(H,28,29)/t18-,19+,20+/m1/s1. The Morgan fingerprint density at radius 3 is 2.10 bits per heavy atom. The summed E-state index contributed by atoms with van der Waals surface area (Å²) in [6.45, 7) is 8.45. The molecule has 1 amide bonds. The number of carbonyl (C=O) groups excluding carboxylic acids is 1. The van der Waals surface area contributed by atoms with E-state index in [4.69, 9.17) is 5.11 Å². The molecule has 3 N–H and O–H groups in total. The fraction of sp³-hybridized carbons (Fsp3) is 0.609. The smallest absolute Gasteiger partial charge is 0.327 e. The molecule has 0 bridgehead atoms. The summed E-state index contributed by atoms with van der Waals surface area (Å²) in [6.07, 6.45) is 11.0. The molecule has 0 aliphatic heterocycles. The summed E-state index contributed by atoms with van der Waals surface area (Å²) >= 11 is 1.44. The van der Waals surface area contributed by atoms with Gasteiger partial charge in [0.25, 0.3) is 0 Å². The minimum absolute atomic E-state index is 0.249. The minimum Gasteiger partial charge on any atom is -0.481 e. The molecular formula is C23H35NO5S. The normalized spacial score (nSPS) is 19.7. The molecule has 1 fully saturated rings. The predicted octanol–water partition coefficient (Wildman–Crippen LogP) is 4.43. The number of hydrogen-bond donors (Lipinski definition) is 3. The Hall–Kier alpha value is -2.02. The number of thioether (sulfide) groups is 1. The van der Waals surface area contributed by atoms with E-state index in [1.165, 1.54) is 28.5 Å². The van der Waals surface area contributed by atoms with E-state index < -0.39 is 35.7 Å². The SMILES string of the molecule is CC(C)=CCCC(C)=CCCC(C)=CCSC[C@H](NC(=O)[C@@H]1C[C@@H]1C(=O)O)C(=O)O. The molecule has 168 valence electrons. The molecule has 6 nitrogen and oxygen atoms in total. The Kier molecular flexibility index (Phi) is 11.5. The summed E-state index contributed by atoms with van der Waals surface area (Å²) < 4.78 is 0. The second-order valence-corrected chi connectivity index (χ2v) is 9.26. The van der Waals surface area contributed by atoms with Gasteiger partial charge in [0.2, 0.25) is 5.91 Å². The number of carboxylic acids is 2. The van der Waals surface area contributed by atoms with Crippen LogP contribution in [0.15, 0.2) is 34.9 Å². The maximum absolute atomic E-state index is 12.0. The van der Waals surface area contributed by atoms with Crippen molar-refractivity contribution in [3.63, 3.8) is 0 Å². The third-order valence-corrected chi connectivity index (χ3v) is 5.99. The van der Waals surface area contributed by atoms with E-state index in [1.807, 2.05) is 0 Å². The first-order valence-electron chi connectivity index (χ1n) is 10.4. The number of nitrogens with one attached hydrogen (secondary N) is 1. The number of amides is 1. The van der Waals surface area contributed by atoms with Gasteiger partial charge in [-0.3, -0.25) is 9.59 Å². The van der Waals surface area contributed by atoms with E-state index >= 15 is 0 Å². The molecule has 1 aliphatic carbocycles. The Morgan fingerprint density at radius 2 is 1.57 bits per heavy atom. The summed E-state index contributed by atoms with van der Waals surface area (Å²) in [7, 11) is 0. The van der Waals surface area contributed by atoms with Crippen LogP contribution in [0.1, 0.15) is 59.8 Å². The van der Waals surface area contributed by atoms with Crippen molar-refractivity contribution in [1.29, 1.82) is 0 Å². The lowest BCUT2D eigenvalue weighted by molar-refractivity contribution is -0.142. The Labute approximate surface area is 183 Å². The Bertz CT molecular complexity index is 706. The molecule has 0 heterocycles. The molecule has 1 rings (SSSR count). The maximum Gasteiger partial charge on any atom is 0.327 e. The molecule has 7 heteroatoms. The Morgan fingerprint density at radius 1 is 0.967 bits per heavy atom. The van der Waals surface area contributed by atoms with Crippen molar-refractivity contribution in [1.82, 2.24) is 5.32 Å². The van der Waals surface area contributed by atoms with Crippen molar-refractivity contribution in [2.24, 2.45) is 11.8 Å². The molecular weight excluding hydrogens is 402 g/mol. The Balaban J connectivity index is 2.30. The molecule has 0 spiro atoms. The van der Waals surface area contributed by atoms with Crippen LogP contribution >= 0.6 is 11.8 Å². The molecule has 0 aromatic rings. The van der Waals surface area contributed by atoms with E-state index in [2.05, 4.69) is 51.2 Å². The zero-order chi connectivity index (χ0) is 22.7. The van der Waals surface area contributed by atoms with Crippen LogP contribution in [0.5, 0.6) is 0 Å². The average Bonchev–Trinajstić information content (AvgIpc) is 3.44. The quantitative estimate of drug-likeness (QED) is 0.274. The van der Waals surface area contributed by atoms with Gasteiger partial charge in [0.05, 0.1) is 11.8 Å². The predicted molar refractivity (Wildman–Crippen MR) is 122 cm³/mol. The topological polar surface area (TPSA) is 104 Å². The highest BCUT2D eigenvalue weighted by Crippen LogP contribution is 2.38. The molecule has 3 atom stereocenters. The zero-order valence-corrected chi connectivity index (χ0v) is 19.3. The number of carboxylic acid groups (broad SMARTS) is 2. The molecule has 30 heavy (non-hydrogen) atoms. The van der Waals surface area contributed by atoms with Crippen molar-refractivity contribution in [3.8, 4) is 0 Å². The van der Waals surface area contributed by atoms with E-state index in [-0.39, 0.29) is 12.2 Å². The van der Waals surface area contributed by atoms with E-state index in [0.717, 1.165) is 25.7 Å². The van der Waals surface area contributed by atoms with Gasteiger partial charge in [0.15, 0.2) is 0 Å². The molecule has 0 saturated heterocycles. The lowest BCUT2D eigenvalue weighted by Crippen LogP contribution is -2.43.